The van der Waals surface area contributed by atoms with Gasteiger partial charge in [-0.1, -0.05) is 66.7 Å². The van der Waals surface area contributed by atoms with Crippen LogP contribution < -0.4 is 20.7 Å². The highest BCUT2D eigenvalue weighted by molar-refractivity contribution is 5.96. The van der Waals surface area contributed by atoms with E-state index in [-0.39, 0.29) is 5.91 Å². The van der Waals surface area contributed by atoms with Crippen LogP contribution in [0.15, 0.2) is 91.0 Å². The second-order valence-corrected chi connectivity index (χ2v) is 8.45. The summed E-state index contributed by atoms with van der Waals surface area (Å²) in [5.41, 5.74) is 3.72. The molecule has 4 rings (SSSR count). The summed E-state index contributed by atoms with van der Waals surface area (Å²) >= 11 is 0. The Morgan fingerprint density at radius 2 is 1.61 bits per heavy atom. The van der Waals surface area contributed by atoms with Gasteiger partial charge in [-0.05, 0) is 42.7 Å². The van der Waals surface area contributed by atoms with Crippen molar-refractivity contribution in [1.29, 1.82) is 0 Å². The number of nitrogens with zero attached hydrogens (tertiary/aromatic N) is 2. The summed E-state index contributed by atoms with van der Waals surface area (Å²) in [5.74, 6) is 1.83. The lowest BCUT2D eigenvalue weighted by Crippen LogP contribution is -2.37. The quantitative estimate of drug-likeness (QED) is 0.276. The second kappa shape index (κ2) is 12.4. The largest absolute Gasteiger partial charge is 0.496 e. The third kappa shape index (κ3) is 7.06. The van der Waals surface area contributed by atoms with Gasteiger partial charge in [-0.25, -0.2) is 4.98 Å². The van der Waals surface area contributed by atoms with E-state index in [2.05, 4.69) is 25.9 Å². The van der Waals surface area contributed by atoms with Crippen molar-refractivity contribution in [2.24, 2.45) is 0 Å². The zero-order valence-corrected chi connectivity index (χ0v) is 20.6. The Balaban J connectivity index is 1.47. The van der Waals surface area contributed by atoms with Gasteiger partial charge in [0.05, 0.1) is 7.11 Å². The van der Waals surface area contributed by atoms with Crippen LogP contribution in [0.4, 0.5) is 17.5 Å². The molecule has 3 aromatic carbocycles. The van der Waals surface area contributed by atoms with Gasteiger partial charge in [-0.2, -0.15) is 4.98 Å². The van der Waals surface area contributed by atoms with Gasteiger partial charge in [-0.15, -0.1) is 0 Å². The highest BCUT2D eigenvalue weighted by Crippen LogP contribution is 2.19. The molecule has 1 aromatic heterocycles. The lowest BCUT2D eigenvalue weighted by Gasteiger charge is -2.20. The van der Waals surface area contributed by atoms with Gasteiger partial charge in [0.2, 0.25) is 11.9 Å². The first kappa shape index (κ1) is 24.7. The molecular formula is C29H31N5O2. The van der Waals surface area contributed by atoms with E-state index in [0.717, 1.165) is 34.7 Å². The molecule has 36 heavy (non-hydrogen) atoms. The van der Waals surface area contributed by atoms with Crippen molar-refractivity contribution in [3.63, 3.8) is 0 Å². The van der Waals surface area contributed by atoms with E-state index in [1.54, 1.807) is 7.11 Å². The summed E-state index contributed by atoms with van der Waals surface area (Å²) in [7, 11) is 1.67. The maximum atomic E-state index is 13.2. The minimum Gasteiger partial charge on any atom is -0.496 e. The number of amides is 1. The summed E-state index contributed by atoms with van der Waals surface area (Å²) in [6.07, 6.45) is 1.28. The van der Waals surface area contributed by atoms with Crippen LogP contribution in [0, 0.1) is 6.92 Å². The molecule has 0 bridgehead atoms. The first-order chi connectivity index (χ1) is 17.6. The molecule has 0 aliphatic carbocycles. The van der Waals surface area contributed by atoms with Gasteiger partial charge in [0.25, 0.3) is 0 Å². The Kier molecular flexibility index (Phi) is 8.48. The Morgan fingerprint density at radius 3 is 2.36 bits per heavy atom. The number of para-hydroxylation sites is 2. The molecule has 4 aromatic rings. The van der Waals surface area contributed by atoms with Crippen LogP contribution in [0.3, 0.4) is 0 Å². The molecule has 1 atom stereocenters. The molecule has 184 valence electrons. The van der Waals surface area contributed by atoms with Crippen molar-refractivity contribution in [3.8, 4) is 5.75 Å². The van der Waals surface area contributed by atoms with Crippen molar-refractivity contribution >= 4 is 23.4 Å². The van der Waals surface area contributed by atoms with Crippen molar-refractivity contribution in [2.45, 2.75) is 25.8 Å². The number of rotatable bonds is 11. The molecule has 0 saturated carbocycles. The van der Waals surface area contributed by atoms with Gasteiger partial charge < -0.3 is 20.7 Å². The Morgan fingerprint density at radius 1 is 0.917 bits per heavy atom. The van der Waals surface area contributed by atoms with Crippen LogP contribution in [0.1, 0.15) is 16.8 Å². The smallest absolute Gasteiger partial charge is 0.247 e. The van der Waals surface area contributed by atoms with E-state index >= 15 is 0 Å². The highest BCUT2D eigenvalue weighted by Gasteiger charge is 2.20. The first-order valence-corrected chi connectivity index (χ1v) is 12.0. The summed E-state index contributed by atoms with van der Waals surface area (Å²) in [4.78, 5) is 22.4. The summed E-state index contributed by atoms with van der Waals surface area (Å²) in [6.45, 7) is 2.56. The molecule has 7 heteroatoms. The van der Waals surface area contributed by atoms with Crippen LogP contribution in [0.2, 0.25) is 0 Å². The van der Waals surface area contributed by atoms with Crippen LogP contribution >= 0.6 is 0 Å². The van der Waals surface area contributed by atoms with Crippen LogP contribution in [-0.4, -0.2) is 35.6 Å². The number of hydrogen-bond donors (Lipinski definition) is 3. The molecule has 0 spiro atoms. The number of anilines is 3. The number of carbonyl (C=O) groups excluding carboxylic acids is 1. The fraction of sp³-hybridized carbons (Fsp3) is 0.207. The molecule has 0 radical (unpaired) electrons. The number of carbonyl (C=O) groups is 1. The van der Waals surface area contributed by atoms with Gasteiger partial charge >= 0.3 is 0 Å². The molecule has 3 N–H and O–H groups in total. The predicted octanol–water partition coefficient (Wildman–Crippen LogP) is 5.11. The average molecular weight is 482 g/mol. The van der Waals surface area contributed by atoms with Gasteiger partial charge in [0.15, 0.2) is 0 Å². The molecule has 0 saturated heterocycles. The van der Waals surface area contributed by atoms with E-state index in [4.69, 9.17) is 4.74 Å². The SMILES string of the molecule is COc1ccccc1CCNc1nc(C)cc(N[C@@H](Cc2ccccc2)C(=O)Nc2ccccc2)n1. The molecule has 0 unspecified atom stereocenters. The maximum Gasteiger partial charge on any atom is 0.247 e. The lowest BCUT2D eigenvalue weighted by molar-refractivity contribution is -0.116. The summed E-state index contributed by atoms with van der Waals surface area (Å²) in [5, 5.41) is 9.63. The van der Waals surface area contributed by atoms with Gasteiger partial charge in [0.1, 0.15) is 17.6 Å². The molecule has 0 aliphatic rings. The minimum absolute atomic E-state index is 0.132. The van der Waals surface area contributed by atoms with Gasteiger partial charge in [0, 0.05) is 30.4 Å². The topological polar surface area (TPSA) is 88.2 Å². The average Bonchev–Trinajstić information content (AvgIpc) is 2.89. The van der Waals surface area contributed by atoms with Crippen molar-refractivity contribution in [1.82, 2.24) is 9.97 Å². The molecule has 0 fully saturated rings. The van der Waals surface area contributed by atoms with E-state index in [9.17, 15) is 4.79 Å². The van der Waals surface area contributed by atoms with E-state index in [1.807, 2.05) is 97.9 Å². The van der Waals surface area contributed by atoms with E-state index in [1.165, 1.54) is 0 Å². The Bertz CT molecular complexity index is 1270. The van der Waals surface area contributed by atoms with Crippen molar-refractivity contribution in [2.75, 3.05) is 29.6 Å². The van der Waals surface area contributed by atoms with Crippen molar-refractivity contribution in [3.05, 3.63) is 108 Å². The van der Waals surface area contributed by atoms with Crippen LogP contribution in [0.25, 0.3) is 0 Å². The van der Waals surface area contributed by atoms with E-state index in [0.29, 0.717) is 24.7 Å². The Labute approximate surface area is 212 Å². The number of aromatic nitrogens is 2. The van der Waals surface area contributed by atoms with Crippen molar-refractivity contribution < 1.29 is 9.53 Å². The number of ether oxygens (including phenoxy) is 1. The molecule has 0 aliphatic heterocycles. The third-order valence-electron chi connectivity index (χ3n) is 5.69. The van der Waals surface area contributed by atoms with E-state index < -0.39 is 6.04 Å². The number of aryl methyl sites for hydroxylation is 1. The third-order valence-corrected chi connectivity index (χ3v) is 5.69. The predicted molar refractivity (Wildman–Crippen MR) is 145 cm³/mol. The zero-order valence-electron chi connectivity index (χ0n) is 20.6. The Hall–Kier alpha value is -4.39. The number of methoxy groups -OCH3 is 1. The summed E-state index contributed by atoms with van der Waals surface area (Å²) in [6, 6.07) is 28.7. The lowest BCUT2D eigenvalue weighted by atomic mass is 10.0. The molecular weight excluding hydrogens is 450 g/mol. The number of benzene rings is 3. The normalized spacial score (nSPS) is 11.4. The number of hydrogen-bond acceptors (Lipinski definition) is 6. The van der Waals surface area contributed by atoms with Gasteiger partial charge in [-0.3, -0.25) is 4.79 Å². The fourth-order valence-corrected chi connectivity index (χ4v) is 3.93. The molecule has 1 heterocycles. The monoisotopic (exact) mass is 481 g/mol. The molecule has 1 amide bonds. The zero-order chi connectivity index (χ0) is 25.2. The number of nitrogens with one attached hydrogen (secondary N) is 3. The fourth-order valence-electron chi connectivity index (χ4n) is 3.93. The van der Waals surface area contributed by atoms with Crippen LogP contribution in [-0.2, 0) is 17.6 Å². The van der Waals surface area contributed by atoms with Crippen LogP contribution in [0.5, 0.6) is 5.75 Å². The first-order valence-electron chi connectivity index (χ1n) is 12.0. The maximum absolute atomic E-state index is 13.2. The second-order valence-electron chi connectivity index (χ2n) is 8.45. The highest BCUT2D eigenvalue weighted by atomic mass is 16.5. The standard InChI is InChI=1S/C29H31N5O2/c1-21-19-27(34-29(31-21)30-18-17-23-13-9-10-16-26(23)36-2)33-25(20-22-11-5-3-6-12-22)28(35)32-24-14-7-4-8-15-24/h3-16,19,25H,17-18,20H2,1-2H3,(H,32,35)(H2,30,31,33,34)/t25-/m0/s1. The molecule has 7 nitrogen and oxygen atoms in total. The minimum atomic E-state index is -0.525. The summed E-state index contributed by atoms with van der Waals surface area (Å²) < 4.78 is 5.44.